The zero-order valence-corrected chi connectivity index (χ0v) is 14.6. The van der Waals surface area contributed by atoms with Crippen LogP contribution in [0.5, 0.6) is 5.75 Å². The summed E-state index contributed by atoms with van der Waals surface area (Å²) in [5, 5.41) is 0. The van der Waals surface area contributed by atoms with Crippen LogP contribution in [0.15, 0.2) is 18.2 Å². The Labute approximate surface area is 136 Å². The standard InChI is InChI=1S/C19H32N2O/c1-4-14-22-19-10-9-17(8-7-11-20(2)3)15-18(19)16-21-12-5-6-13-21/h9-10,15H,4-8,11-14,16H2,1-3H3. The molecule has 1 aliphatic heterocycles. The molecule has 0 unspecified atom stereocenters. The van der Waals surface area contributed by atoms with Crippen LogP contribution in [0.3, 0.4) is 0 Å². The number of nitrogens with zero attached hydrogens (tertiary/aromatic N) is 2. The van der Waals surface area contributed by atoms with Gasteiger partial charge in [0.05, 0.1) is 6.61 Å². The first kappa shape index (κ1) is 17.3. The third-order valence-corrected chi connectivity index (χ3v) is 4.25. The largest absolute Gasteiger partial charge is 0.493 e. The van der Waals surface area contributed by atoms with Gasteiger partial charge in [-0.15, -0.1) is 0 Å². The number of hydrogen-bond donors (Lipinski definition) is 0. The number of aryl methyl sites for hydroxylation is 1. The lowest BCUT2D eigenvalue weighted by atomic mass is 10.0. The zero-order chi connectivity index (χ0) is 15.8. The van der Waals surface area contributed by atoms with E-state index in [1.807, 2.05) is 0 Å². The summed E-state index contributed by atoms with van der Waals surface area (Å²) in [5.74, 6) is 1.09. The Bertz CT molecular complexity index is 439. The fourth-order valence-corrected chi connectivity index (χ4v) is 3.05. The van der Waals surface area contributed by atoms with Crippen molar-refractivity contribution in [3.05, 3.63) is 29.3 Å². The first-order valence-electron chi connectivity index (χ1n) is 8.80. The molecule has 0 atom stereocenters. The summed E-state index contributed by atoms with van der Waals surface area (Å²) in [4.78, 5) is 4.81. The molecule has 0 aromatic heterocycles. The highest BCUT2D eigenvalue weighted by Gasteiger charge is 2.15. The van der Waals surface area contributed by atoms with Gasteiger partial charge in [0, 0.05) is 12.1 Å². The van der Waals surface area contributed by atoms with Crippen molar-refractivity contribution in [1.29, 1.82) is 0 Å². The fourth-order valence-electron chi connectivity index (χ4n) is 3.05. The van der Waals surface area contributed by atoms with Crippen LogP contribution in [0.25, 0.3) is 0 Å². The van der Waals surface area contributed by atoms with Crippen molar-refractivity contribution in [3.63, 3.8) is 0 Å². The number of ether oxygens (including phenoxy) is 1. The van der Waals surface area contributed by atoms with Gasteiger partial charge in [0.2, 0.25) is 0 Å². The SMILES string of the molecule is CCCOc1ccc(CCCN(C)C)cc1CN1CCCC1. The molecule has 0 spiro atoms. The van der Waals surface area contributed by atoms with Crippen molar-refractivity contribution in [3.8, 4) is 5.75 Å². The van der Waals surface area contributed by atoms with Gasteiger partial charge in [-0.2, -0.15) is 0 Å². The molecule has 1 saturated heterocycles. The summed E-state index contributed by atoms with van der Waals surface area (Å²) in [6, 6.07) is 6.80. The highest BCUT2D eigenvalue weighted by molar-refractivity contribution is 5.37. The first-order chi connectivity index (χ1) is 10.7. The maximum atomic E-state index is 5.96. The highest BCUT2D eigenvalue weighted by atomic mass is 16.5. The Hall–Kier alpha value is -1.06. The minimum atomic E-state index is 0.812. The van der Waals surface area contributed by atoms with E-state index in [1.54, 1.807) is 0 Å². The minimum absolute atomic E-state index is 0.812. The molecule has 0 amide bonds. The van der Waals surface area contributed by atoms with Crippen LogP contribution in [0.4, 0.5) is 0 Å². The quantitative estimate of drug-likeness (QED) is 0.694. The van der Waals surface area contributed by atoms with Crippen LogP contribution in [-0.4, -0.2) is 50.1 Å². The van der Waals surface area contributed by atoms with E-state index in [-0.39, 0.29) is 0 Å². The second-order valence-corrected chi connectivity index (χ2v) is 6.68. The fraction of sp³-hybridized carbons (Fsp3) is 0.684. The van der Waals surface area contributed by atoms with Crippen LogP contribution in [0.2, 0.25) is 0 Å². The molecule has 22 heavy (non-hydrogen) atoms. The van der Waals surface area contributed by atoms with Crippen molar-refractivity contribution >= 4 is 0 Å². The summed E-state index contributed by atoms with van der Waals surface area (Å²) >= 11 is 0. The number of hydrogen-bond acceptors (Lipinski definition) is 3. The molecular weight excluding hydrogens is 272 g/mol. The van der Waals surface area contributed by atoms with Crippen LogP contribution in [-0.2, 0) is 13.0 Å². The van der Waals surface area contributed by atoms with Crippen LogP contribution >= 0.6 is 0 Å². The Morgan fingerprint density at radius 2 is 1.95 bits per heavy atom. The van der Waals surface area contributed by atoms with E-state index in [0.717, 1.165) is 38.3 Å². The molecule has 3 heteroatoms. The van der Waals surface area contributed by atoms with E-state index in [4.69, 9.17) is 4.74 Å². The predicted octanol–water partition coefficient (Wildman–Crippen LogP) is 3.57. The van der Waals surface area contributed by atoms with Gasteiger partial charge in [0.25, 0.3) is 0 Å². The molecule has 1 aromatic carbocycles. The van der Waals surface area contributed by atoms with Gasteiger partial charge in [-0.1, -0.05) is 19.1 Å². The molecule has 0 radical (unpaired) electrons. The molecule has 0 aliphatic carbocycles. The minimum Gasteiger partial charge on any atom is -0.493 e. The monoisotopic (exact) mass is 304 g/mol. The van der Waals surface area contributed by atoms with E-state index >= 15 is 0 Å². The summed E-state index contributed by atoms with van der Waals surface area (Å²) in [6.07, 6.45) is 6.11. The van der Waals surface area contributed by atoms with Gasteiger partial charge in [-0.05, 0) is 77.5 Å². The smallest absolute Gasteiger partial charge is 0.123 e. The molecular formula is C19H32N2O. The van der Waals surface area contributed by atoms with Crippen molar-refractivity contribution in [2.75, 3.05) is 40.3 Å². The van der Waals surface area contributed by atoms with Gasteiger partial charge in [-0.25, -0.2) is 0 Å². The van der Waals surface area contributed by atoms with Crippen molar-refractivity contribution in [2.45, 2.75) is 45.6 Å². The third-order valence-electron chi connectivity index (χ3n) is 4.25. The summed E-state index contributed by atoms with van der Waals surface area (Å²) in [6.45, 7) is 7.63. The molecule has 0 bridgehead atoms. The Kier molecular flexibility index (Phi) is 7.20. The molecule has 0 saturated carbocycles. The van der Waals surface area contributed by atoms with Crippen molar-refractivity contribution in [2.24, 2.45) is 0 Å². The third kappa shape index (κ3) is 5.62. The Balaban J connectivity index is 2.02. The van der Waals surface area contributed by atoms with E-state index in [1.165, 1.54) is 43.5 Å². The van der Waals surface area contributed by atoms with Crippen LogP contribution in [0.1, 0.15) is 43.7 Å². The second-order valence-electron chi connectivity index (χ2n) is 6.68. The topological polar surface area (TPSA) is 15.7 Å². The molecule has 1 aromatic rings. The van der Waals surface area contributed by atoms with Gasteiger partial charge in [-0.3, -0.25) is 4.90 Å². The van der Waals surface area contributed by atoms with Gasteiger partial charge >= 0.3 is 0 Å². The molecule has 3 nitrogen and oxygen atoms in total. The van der Waals surface area contributed by atoms with Crippen molar-refractivity contribution < 1.29 is 4.74 Å². The lowest BCUT2D eigenvalue weighted by Crippen LogP contribution is -2.19. The lowest BCUT2D eigenvalue weighted by Gasteiger charge is -2.19. The van der Waals surface area contributed by atoms with Crippen LogP contribution in [0, 0.1) is 0 Å². The second kappa shape index (κ2) is 9.16. The van der Waals surface area contributed by atoms with E-state index < -0.39 is 0 Å². The summed E-state index contributed by atoms with van der Waals surface area (Å²) < 4.78 is 5.96. The number of benzene rings is 1. The first-order valence-corrected chi connectivity index (χ1v) is 8.80. The zero-order valence-electron chi connectivity index (χ0n) is 14.6. The Morgan fingerprint density at radius 3 is 2.64 bits per heavy atom. The van der Waals surface area contributed by atoms with E-state index in [2.05, 4.69) is 49.0 Å². The van der Waals surface area contributed by atoms with Crippen molar-refractivity contribution in [1.82, 2.24) is 9.80 Å². The maximum Gasteiger partial charge on any atom is 0.123 e. The van der Waals surface area contributed by atoms with Gasteiger partial charge in [0.1, 0.15) is 5.75 Å². The Morgan fingerprint density at radius 1 is 1.18 bits per heavy atom. The molecule has 1 fully saturated rings. The lowest BCUT2D eigenvalue weighted by molar-refractivity contribution is 0.293. The molecule has 0 N–H and O–H groups in total. The van der Waals surface area contributed by atoms with Gasteiger partial charge in [0.15, 0.2) is 0 Å². The average Bonchev–Trinajstić information content (AvgIpc) is 2.99. The molecule has 124 valence electrons. The molecule has 1 aliphatic rings. The van der Waals surface area contributed by atoms with E-state index in [0.29, 0.717) is 0 Å². The maximum absolute atomic E-state index is 5.96. The highest BCUT2D eigenvalue weighted by Crippen LogP contribution is 2.24. The van der Waals surface area contributed by atoms with Gasteiger partial charge < -0.3 is 9.64 Å². The molecule has 1 heterocycles. The van der Waals surface area contributed by atoms with E-state index in [9.17, 15) is 0 Å². The number of likely N-dealkylation sites (tertiary alicyclic amines) is 1. The summed E-state index contributed by atoms with van der Waals surface area (Å²) in [5.41, 5.74) is 2.82. The number of rotatable bonds is 9. The molecule has 2 rings (SSSR count). The average molecular weight is 304 g/mol. The normalized spacial score (nSPS) is 15.6. The van der Waals surface area contributed by atoms with Crippen LogP contribution < -0.4 is 4.74 Å². The summed E-state index contributed by atoms with van der Waals surface area (Å²) in [7, 11) is 4.28. The predicted molar refractivity (Wildman–Crippen MR) is 93.6 cm³/mol.